The predicted molar refractivity (Wildman–Crippen MR) is 166 cm³/mol. The molecule has 0 aliphatic heterocycles. The van der Waals surface area contributed by atoms with Crippen LogP contribution in [-0.2, 0) is 5.41 Å². The third-order valence-electron chi connectivity index (χ3n) is 9.40. The van der Waals surface area contributed by atoms with E-state index in [2.05, 4.69) is 135 Å². The van der Waals surface area contributed by atoms with Crippen LogP contribution in [-0.4, -0.2) is 0 Å². The van der Waals surface area contributed by atoms with Crippen molar-refractivity contribution in [2.24, 2.45) is 0 Å². The minimum absolute atomic E-state index is 0.103. The summed E-state index contributed by atoms with van der Waals surface area (Å²) >= 11 is 0. The Morgan fingerprint density at radius 3 is 1.74 bits per heavy atom. The van der Waals surface area contributed by atoms with Crippen LogP contribution in [0, 0.1) is 0 Å². The first kappa shape index (κ1) is 21.3. The summed E-state index contributed by atoms with van der Waals surface area (Å²) in [5.41, 5.74) is 13.5. The van der Waals surface area contributed by atoms with Crippen molar-refractivity contribution in [3.63, 3.8) is 0 Å². The Labute approximate surface area is 228 Å². The van der Waals surface area contributed by atoms with Gasteiger partial charge < -0.3 is 0 Å². The van der Waals surface area contributed by atoms with Crippen molar-refractivity contribution in [2.75, 3.05) is 0 Å². The molecule has 0 atom stereocenters. The number of hydrogen-bond acceptors (Lipinski definition) is 0. The van der Waals surface area contributed by atoms with Gasteiger partial charge in [-0.1, -0.05) is 123 Å². The molecule has 0 fully saturated rings. The average Bonchev–Trinajstić information content (AvgIpc) is 3.31. The van der Waals surface area contributed by atoms with E-state index in [-0.39, 0.29) is 5.41 Å². The van der Waals surface area contributed by atoms with Crippen LogP contribution in [0.15, 0.2) is 121 Å². The summed E-state index contributed by atoms with van der Waals surface area (Å²) in [6, 6.07) is 45.6. The third-order valence-corrected chi connectivity index (χ3v) is 9.40. The van der Waals surface area contributed by atoms with Gasteiger partial charge in [0.25, 0.3) is 0 Å². The molecule has 0 aromatic heterocycles. The quantitative estimate of drug-likeness (QED) is 0.199. The molecule has 2 aliphatic rings. The van der Waals surface area contributed by atoms with Crippen LogP contribution in [0.25, 0.3) is 76.8 Å². The van der Waals surface area contributed by atoms with E-state index in [0.29, 0.717) is 0 Å². The molecule has 0 amide bonds. The second-order valence-corrected chi connectivity index (χ2v) is 11.7. The second-order valence-electron chi connectivity index (χ2n) is 11.7. The Morgan fingerprint density at radius 1 is 0.385 bits per heavy atom. The summed E-state index contributed by atoms with van der Waals surface area (Å²) in [5.74, 6) is 0. The fourth-order valence-corrected chi connectivity index (χ4v) is 7.45. The lowest BCUT2D eigenvalue weighted by Crippen LogP contribution is -2.23. The summed E-state index contributed by atoms with van der Waals surface area (Å²) < 4.78 is 0. The standard InChI is InChI=1S/C39H26/c1-39(2)35-20-19-32-29-10-6-5-9-28(29)31-17-18-33(38(35)37(31)32)30-16-15-26(22-36(30)39)25-14-13-24-12-11-23-7-3-4-8-27(23)34(24)21-25/h3-22H,1-2H3. The molecule has 0 N–H and O–H groups in total. The first-order valence-electron chi connectivity index (χ1n) is 13.9. The Bertz CT molecular complexity index is 2160. The van der Waals surface area contributed by atoms with Gasteiger partial charge in [0.2, 0.25) is 0 Å². The van der Waals surface area contributed by atoms with Gasteiger partial charge >= 0.3 is 0 Å². The summed E-state index contributed by atoms with van der Waals surface area (Å²) in [4.78, 5) is 0. The van der Waals surface area contributed by atoms with Crippen LogP contribution in [0.4, 0.5) is 0 Å². The molecule has 0 spiro atoms. The highest BCUT2D eigenvalue weighted by Gasteiger charge is 2.36. The molecule has 0 nitrogen and oxygen atoms in total. The van der Waals surface area contributed by atoms with Crippen molar-refractivity contribution in [1.29, 1.82) is 0 Å². The van der Waals surface area contributed by atoms with Crippen molar-refractivity contribution in [1.82, 2.24) is 0 Å². The third kappa shape index (κ3) is 2.69. The zero-order valence-corrected chi connectivity index (χ0v) is 22.0. The molecule has 39 heavy (non-hydrogen) atoms. The smallest absolute Gasteiger partial charge is 0.0159 e. The molecule has 182 valence electrons. The van der Waals surface area contributed by atoms with E-state index in [4.69, 9.17) is 0 Å². The highest BCUT2D eigenvalue weighted by molar-refractivity contribution is 6.21. The molecule has 9 rings (SSSR count). The van der Waals surface area contributed by atoms with Crippen LogP contribution < -0.4 is 0 Å². The molecule has 0 radical (unpaired) electrons. The van der Waals surface area contributed by atoms with Crippen molar-refractivity contribution in [3.8, 4) is 44.5 Å². The molecule has 7 aromatic rings. The van der Waals surface area contributed by atoms with Gasteiger partial charge in [0, 0.05) is 5.41 Å². The van der Waals surface area contributed by atoms with Crippen LogP contribution in [0.2, 0.25) is 0 Å². The normalized spacial score (nSPS) is 14.1. The molecular weight excluding hydrogens is 468 g/mol. The van der Waals surface area contributed by atoms with Gasteiger partial charge in [0.15, 0.2) is 0 Å². The highest BCUT2D eigenvalue weighted by atomic mass is 14.4. The molecule has 0 heterocycles. The number of fused-ring (bicyclic) bond motifs is 8. The molecule has 0 saturated heterocycles. The van der Waals surface area contributed by atoms with Crippen molar-refractivity contribution >= 4 is 32.3 Å². The monoisotopic (exact) mass is 494 g/mol. The van der Waals surface area contributed by atoms with Gasteiger partial charge in [-0.25, -0.2) is 0 Å². The lowest BCUT2D eigenvalue weighted by Gasteiger charge is -2.36. The van der Waals surface area contributed by atoms with E-state index < -0.39 is 0 Å². The van der Waals surface area contributed by atoms with Gasteiger partial charge in [-0.15, -0.1) is 0 Å². The fourth-order valence-electron chi connectivity index (χ4n) is 7.45. The van der Waals surface area contributed by atoms with Gasteiger partial charge in [0.1, 0.15) is 0 Å². The zero-order valence-electron chi connectivity index (χ0n) is 22.0. The van der Waals surface area contributed by atoms with E-state index in [0.717, 1.165) is 0 Å². The van der Waals surface area contributed by atoms with Crippen LogP contribution in [0.1, 0.15) is 25.0 Å². The summed E-state index contributed by atoms with van der Waals surface area (Å²) in [6.07, 6.45) is 0. The maximum Gasteiger partial charge on any atom is 0.0159 e. The van der Waals surface area contributed by atoms with Crippen LogP contribution in [0.5, 0.6) is 0 Å². The second kappa shape index (κ2) is 7.24. The molecular formula is C39H26. The minimum atomic E-state index is -0.103. The first-order chi connectivity index (χ1) is 19.1. The minimum Gasteiger partial charge on any atom is -0.0616 e. The summed E-state index contributed by atoms with van der Waals surface area (Å²) in [5, 5.41) is 8.06. The maximum atomic E-state index is 2.45. The maximum absolute atomic E-state index is 2.45. The molecule has 7 aromatic carbocycles. The van der Waals surface area contributed by atoms with Gasteiger partial charge in [-0.2, -0.15) is 0 Å². The molecule has 0 bridgehead atoms. The topological polar surface area (TPSA) is 0 Å². The Hall–Kier alpha value is -4.68. The largest absolute Gasteiger partial charge is 0.0616 e. The predicted octanol–water partition coefficient (Wildman–Crippen LogP) is 10.8. The van der Waals surface area contributed by atoms with Crippen molar-refractivity contribution in [3.05, 3.63) is 132 Å². The lowest BCUT2D eigenvalue weighted by atomic mass is 9.67. The number of rotatable bonds is 1. The van der Waals surface area contributed by atoms with Crippen LogP contribution in [0.3, 0.4) is 0 Å². The van der Waals surface area contributed by atoms with Gasteiger partial charge in [-0.3, -0.25) is 0 Å². The highest BCUT2D eigenvalue weighted by Crippen LogP contribution is 2.56. The van der Waals surface area contributed by atoms with Gasteiger partial charge in [-0.05, 0) is 100 Å². The van der Waals surface area contributed by atoms with Gasteiger partial charge in [0.05, 0.1) is 0 Å². The van der Waals surface area contributed by atoms with E-state index in [1.165, 1.54) is 88.0 Å². The summed E-state index contributed by atoms with van der Waals surface area (Å²) in [7, 11) is 0. The summed E-state index contributed by atoms with van der Waals surface area (Å²) in [6.45, 7) is 4.80. The van der Waals surface area contributed by atoms with Crippen molar-refractivity contribution < 1.29 is 0 Å². The SMILES string of the molecule is CC1(C)c2cc(-c3ccc4ccc5ccccc5c4c3)ccc2-c2ccc3c4c(ccc1c24)-c1ccccc1-3. The molecule has 0 unspecified atom stereocenters. The lowest BCUT2D eigenvalue weighted by molar-refractivity contribution is 0.645. The zero-order chi connectivity index (χ0) is 25.9. The fraction of sp³-hybridized carbons (Fsp3) is 0.0769. The van der Waals surface area contributed by atoms with E-state index in [1.807, 2.05) is 0 Å². The van der Waals surface area contributed by atoms with E-state index in [1.54, 1.807) is 0 Å². The Balaban J connectivity index is 1.28. The Kier molecular flexibility index (Phi) is 3.95. The van der Waals surface area contributed by atoms with E-state index >= 15 is 0 Å². The van der Waals surface area contributed by atoms with Crippen LogP contribution >= 0.6 is 0 Å². The Morgan fingerprint density at radius 2 is 0.949 bits per heavy atom. The molecule has 2 aliphatic carbocycles. The molecule has 0 heteroatoms. The average molecular weight is 495 g/mol. The van der Waals surface area contributed by atoms with E-state index in [9.17, 15) is 0 Å². The first-order valence-corrected chi connectivity index (χ1v) is 13.9. The molecule has 0 saturated carbocycles. The number of hydrogen-bond donors (Lipinski definition) is 0. The number of benzene rings is 7. The van der Waals surface area contributed by atoms with Crippen molar-refractivity contribution in [2.45, 2.75) is 19.3 Å².